The first kappa shape index (κ1) is 12.6. The summed E-state index contributed by atoms with van der Waals surface area (Å²) in [5.41, 5.74) is 7.78. The van der Waals surface area contributed by atoms with Gasteiger partial charge in [-0.15, -0.1) is 11.3 Å². The number of carbonyl (C=O) groups is 1. The van der Waals surface area contributed by atoms with Crippen LogP contribution in [-0.2, 0) is 0 Å². The Hall–Kier alpha value is -1.47. The normalized spacial score (nSPS) is 10.8. The van der Waals surface area contributed by atoms with Crippen molar-refractivity contribution >= 4 is 50.1 Å². The maximum Gasteiger partial charge on any atom is 0.248 e. The lowest BCUT2D eigenvalue weighted by atomic mass is 10.2. The molecule has 5 heteroatoms. The van der Waals surface area contributed by atoms with Crippen molar-refractivity contribution in [2.75, 3.05) is 0 Å². The van der Waals surface area contributed by atoms with E-state index in [1.165, 1.54) is 3.57 Å². The zero-order chi connectivity index (χ0) is 13.4. The number of aromatic nitrogens is 1. The highest BCUT2D eigenvalue weighted by Crippen LogP contribution is 2.30. The van der Waals surface area contributed by atoms with Gasteiger partial charge in [-0.05, 0) is 52.9 Å². The molecule has 3 nitrogen and oxygen atoms in total. The van der Waals surface area contributed by atoms with Crippen molar-refractivity contribution in [3.8, 4) is 10.6 Å². The smallest absolute Gasteiger partial charge is 0.248 e. The fraction of sp³-hybridized carbons (Fsp3) is 0. The minimum atomic E-state index is -0.411. The van der Waals surface area contributed by atoms with Gasteiger partial charge in [0.05, 0.1) is 10.2 Å². The molecule has 19 heavy (non-hydrogen) atoms. The summed E-state index contributed by atoms with van der Waals surface area (Å²) in [7, 11) is 0. The molecular weight excluding hydrogens is 371 g/mol. The molecule has 1 amide bonds. The van der Waals surface area contributed by atoms with Gasteiger partial charge in [0.2, 0.25) is 5.91 Å². The zero-order valence-corrected chi connectivity index (χ0v) is 12.7. The number of nitrogens with two attached hydrogens (primary N) is 1. The Morgan fingerprint density at radius 3 is 2.58 bits per heavy atom. The Labute approximate surface area is 127 Å². The van der Waals surface area contributed by atoms with E-state index in [9.17, 15) is 4.79 Å². The zero-order valence-electron chi connectivity index (χ0n) is 9.76. The molecule has 0 saturated carbocycles. The third kappa shape index (κ3) is 2.48. The summed E-state index contributed by atoms with van der Waals surface area (Å²) in [6.07, 6.45) is 0. The molecule has 0 spiro atoms. The second-order valence-electron chi connectivity index (χ2n) is 4.07. The van der Waals surface area contributed by atoms with Crippen molar-refractivity contribution in [3.05, 3.63) is 51.6 Å². The second-order valence-corrected chi connectivity index (χ2v) is 6.35. The molecule has 94 valence electrons. The van der Waals surface area contributed by atoms with Gasteiger partial charge < -0.3 is 5.73 Å². The molecule has 0 aliphatic carbocycles. The van der Waals surface area contributed by atoms with Gasteiger partial charge in [0.15, 0.2) is 0 Å². The number of benzene rings is 2. The van der Waals surface area contributed by atoms with Crippen molar-refractivity contribution in [3.63, 3.8) is 0 Å². The summed E-state index contributed by atoms with van der Waals surface area (Å²) >= 11 is 3.84. The first-order chi connectivity index (χ1) is 9.13. The fourth-order valence-electron chi connectivity index (χ4n) is 1.79. The molecule has 3 aromatic rings. The third-order valence-corrected chi connectivity index (χ3v) is 4.55. The van der Waals surface area contributed by atoms with E-state index in [2.05, 4.69) is 51.8 Å². The number of carbonyl (C=O) groups excluding carboxylic acids is 1. The number of fused-ring (bicyclic) bond motifs is 1. The largest absolute Gasteiger partial charge is 0.366 e. The molecule has 0 atom stereocenters. The van der Waals surface area contributed by atoms with Gasteiger partial charge in [0.1, 0.15) is 5.01 Å². The van der Waals surface area contributed by atoms with E-state index in [0.29, 0.717) is 5.56 Å². The molecule has 0 radical (unpaired) electrons. The van der Waals surface area contributed by atoms with Crippen LogP contribution in [-0.4, -0.2) is 10.9 Å². The average molecular weight is 380 g/mol. The quantitative estimate of drug-likeness (QED) is 0.690. The monoisotopic (exact) mass is 380 g/mol. The Balaban J connectivity index is 2.11. The predicted octanol–water partition coefficient (Wildman–Crippen LogP) is 3.67. The Kier molecular flexibility index (Phi) is 3.24. The minimum absolute atomic E-state index is 0.411. The fourth-order valence-corrected chi connectivity index (χ4v) is 3.16. The molecule has 2 N–H and O–H groups in total. The van der Waals surface area contributed by atoms with Crippen LogP contribution >= 0.6 is 33.9 Å². The van der Waals surface area contributed by atoms with E-state index in [1.54, 1.807) is 23.5 Å². The average Bonchev–Trinajstić information content (AvgIpc) is 2.82. The summed E-state index contributed by atoms with van der Waals surface area (Å²) < 4.78 is 2.17. The maximum atomic E-state index is 11.2. The molecule has 1 aromatic heterocycles. The van der Waals surface area contributed by atoms with Gasteiger partial charge in [0.25, 0.3) is 0 Å². The van der Waals surface area contributed by atoms with Crippen LogP contribution in [0.15, 0.2) is 42.5 Å². The molecule has 0 fully saturated rings. The molecule has 0 bridgehead atoms. The summed E-state index contributed by atoms with van der Waals surface area (Å²) in [5.74, 6) is -0.411. The van der Waals surface area contributed by atoms with Gasteiger partial charge in [0, 0.05) is 14.7 Å². The molecule has 0 aliphatic heterocycles. The number of thiazole rings is 1. The lowest BCUT2D eigenvalue weighted by Gasteiger charge is -1.94. The van der Waals surface area contributed by atoms with Crippen molar-refractivity contribution in [2.24, 2.45) is 5.73 Å². The summed E-state index contributed by atoms with van der Waals surface area (Å²) in [6.45, 7) is 0. The first-order valence-corrected chi connectivity index (χ1v) is 7.49. The number of amides is 1. The third-order valence-electron chi connectivity index (χ3n) is 2.76. The topological polar surface area (TPSA) is 56.0 Å². The van der Waals surface area contributed by atoms with Crippen LogP contribution in [0.1, 0.15) is 10.4 Å². The van der Waals surface area contributed by atoms with Crippen molar-refractivity contribution in [1.29, 1.82) is 0 Å². The summed E-state index contributed by atoms with van der Waals surface area (Å²) in [4.78, 5) is 15.7. The maximum absolute atomic E-state index is 11.2. The molecular formula is C14H9IN2OS. The van der Waals surface area contributed by atoms with E-state index in [4.69, 9.17) is 5.73 Å². The number of nitrogens with zero attached hydrogens (tertiary/aromatic N) is 1. The van der Waals surface area contributed by atoms with E-state index in [-0.39, 0.29) is 0 Å². The standard InChI is InChI=1S/C14H9IN2OS/c15-10-4-1-8(2-5-10)14-17-11-6-3-9(13(16)18)7-12(11)19-14/h1-7H,(H2,16,18). The summed E-state index contributed by atoms with van der Waals surface area (Å²) in [5, 5.41) is 0.952. The highest BCUT2D eigenvalue weighted by Gasteiger charge is 2.08. The molecule has 0 unspecified atom stereocenters. The molecule has 0 saturated heterocycles. The molecule has 1 heterocycles. The molecule has 0 aliphatic rings. The van der Waals surface area contributed by atoms with Crippen LogP contribution in [0, 0.1) is 3.57 Å². The SMILES string of the molecule is NC(=O)c1ccc2nc(-c3ccc(I)cc3)sc2c1. The number of hydrogen-bond donors (Lipinski definition) is 1. The van der Waals surface area contributed by atoms with E-state index in [1.807, 2.05) is 6.07 Å². The Morgan fingerprint density at radius 2 is 1.89 bits per heavy atom. The number of primary amides is 1. The number of hydrogen-bond acceptors (Lipinski definition) is 3. The minimum Gasteiger partial charge on any atom is -0.366 e. The van der Waals surface area contributed by atoms with Crippen LogP contribution in [0.3, 0.4) is 0 Å². The van der Waals surface area contributed by atoms with E-state index >= 15 is 0 Å². The van der Waals surface area contributed by atoms with Crippen molar-refractivity contribution < 1.29 is 4.79 Å². The first-order valence-electron chi connectivity index (χ1n) is 5.60. The van der Waals surface area contributed by atoms with Crippen molar-refractivity contribution in [1.82, 2.24) is 4.98 Å². The van der Waals surface area contributed by atoms with Crippen molar-refractivity contribution in [2.45, 2.75) is 0 Å². The van der Waals surface area contributed by atoms with E-state index < -0.39 is 5.91 Å². The van der Waals surface area contributed by atoms with E-state index in [0.717, 1.165) is 20.8 Å². The highest BCUT2D eigenvalue weighted by molar-refractivity contribution is 14.1. The van der Waals surface area contributed by atoms with Crippen LogP contribution in [0.2, 0.25) is 0 Å². The van der Waals surface area contributed by atoms with Crippen LogP contribution in [0.4, 0.5) is 0 Å². The van der Waals surface area contributed by atoms with Crippen LogP contribution < -0.4 is 5.73 Å². The number of halogens is 1. The Morgan fingerprint density at radius 1 is 1.16 bits per heavy atom. The van der Waals surface area contributed by atoms with Gasteiger partial charge >= 0.3 is 0 Å². The Bertz CT molecular complexity index is 765. The lowest BCUT2D eigenvalue weighted by molar-refractivity contribution is 0.100. The highest BCUT2D eigenvalue weighted by atomic mass is 127. The number of rotatable bonds is 2. The predicted molar refractivity (Wildman–Crippen MR) is 86.3 cm³/mol. The molecule has 3 rings (SSSR count). The second kappa shape index (κ2) is 4.90. The summed E-state index contributed by atoms with van der Waals surface area (Å²) in [6, 6.07) is 13.5. The van der Waals surface area contributed by atoms with Crippen LogP contribution in [0.25, 0.3) is 20.8 Å². The van der Waals surface area contributed by atoms with Gasteiger partial charge in [-0.3, -0.25) is 4.79 Å². The van der Waals surface area contributed by atoms with Gasteiger partial charge in [-0.25, -0.2) is 4.98 Å². The van der Waals surface area contributed by atoms with Gasteiger partial charge in [-0.2, -0.15) is 0 Å². The van der Waals surface area contributed by atoms with Gasteiger partial charge in [-0.1, -0.05) is 12.1 Å². The lowest BCUT2D eigenvalue weighted by Crippen LogP contribution is -2.10. The van der Waals surface area contributed by atoms with Crippen LogP contribution in [0.5, 0.6) is 0 Å². The molecule has 2 aromatic carbocycles.